The van der Waals surface area contributed by atoms with E-state index in [2.05, 4.69) is 19.1 Å². The summed E-state index contributed by atoms with van der Waals surface area (Å²) in [5, 5.41) is 29.1. The molecule has 0 aliphatic rings. The number of carbonyl (C=O) groups excluding carboxylic acids is 1. The molecule has 7 heteroatoms. The van der Waals surface area contributed by atoms with E-state index in [1.54, 1.807) is 0 Å². The molecule has 28 heavy (non-hydrogen) atoms. The van der Waals surface area contributed by atoms with Gasteiger partial charge in [0.05, 0.1) is 12.5 Å². The lowest BCUT2D eigenvalue weighted by molar-refractivity contribution is -0.909. The first-order valence-corrected chi connectivity index (χ1v) is 10.4. The third kappa shape index (κ3) is 15.2. The second-order valence-electron chi connectivity index (χ2n) is 7.58. The summed E-state index contributed by atoms with van der Waals surface area (Å²) in [7, 11) is 0. The number of carboxylic acids is 3. The van der Waals surface area contributed by atoms with E-state index in [0.717, 1.165) is 32.1 Å². The van der Waals surface area contributed by atoms with Gasteiger partial charge in [-0.25, -0.2) is 9.59 Å². The molecule has 7 nitrogen and oxygen atoms in total. The molecule has 0 aliphatic heterocycles. The molecule has 0 rings (SSSR count). The Bertz CT molecular complexity index is 448. The van der Waals surface area contributed by atoms with Gasteiger partial charge in [0.1, 0.15) is 6.54 Å². The van der Waals surface area contributed by atoms with Crippen molar-refractivity contribution in [2.24, 2.45) is 0 Å². The topological polar surface area (TPSA) is 115 Å². The van der Waals surface area contributed by atoms with Crippen LogP contribution in [0.25, 0.3) is 0 Å². The SMILES string of the molecule is CCCCCCC/C=C/CCCCCC[N+](CC(=O)[O-])(CC(=O)O)CC(=O)O. The zero-order valence-electron chi connectivity index (χ0n) is 17.2. The van der Waals surface area contributed by atoms with E-state index in [0.29, 0.717) is 6.42 Å². The van der Waals surface area contributed by atoms with Crippen LogP contribution < -0.4 is 5.11 Å². The zero-order chi connectivity index (χ0) is 21.3. The molecule has 2 N–H and O–H groups in total. The van der Waals surface area contributed by atoms with Crippen molar-refractivity contribution in [3.8, 4) is 0 Å². The number of carboxylic acid groups (broad SMARTS) is 3. The van der Waals surface area contributed by atoms with Crippen LogP contribution in [0.1, 0.15) is 77.6 Å². The molecule has 0 heterocycles. The van der Waals surface area contributed by atoms with Crippen LogP contribution in [0.15, 0.2) is 12.2 Å². The second kappa shape index (κ2) is 16.1. The average Bonchev–Trinajstić information content (AvgIpc) is 2.57. The van der Waals surface area contributed by atoms with Crippen molar-refractivity contribution in [1.82, 2.24) is 0 Å². The highest BCUT2D eigenvalue weighted by molar-refractivity contribution is 5.72. The van der Waals surface area contributed by atoms with Crippen molar-refractivity contribution in [2.75, 3.05) is 26.2 Å². The van der Waals surface area contributed by atoms with Gasteiger partial charge in [-0.3, -0.25) is 0 Å². The largest absolute Gasteiger partial charge is 0.544 e. The molecule has 0 atom stereocenters. The Morgan fingerprint density at radius 1 is 0.750 bits per heavy atom. The number of allylic oxidation sites excluding steroid dienone is 2. The fourth-order valence-corrected chi connectivity index (χ4v) is 3.42. The minimum atomic E-state index is -1.43. The van der Waals surface area contributed by atoms with Crippen LogP contribution in [-0.2, 0) is 14.4 Å². The highest BCUT2D eigenvalue weighted by Gasteiger charge is 2.33. The molecule has 0 unspecified atom stereocenters. The first-order chi connectivity index (χ1) is 13.3. The molecule has 0 spiro atoms. The zero-order valence-corrected chi connectivity index (χ0v) is 17.2. The van der Waals surface area contributed by atoms with Crippen LogP contribution in [0.5, 0.6) is 0 Å². The lowest BCUT2D eigenvalue weighted by Gasteiger charge is -2.36. The minimum absolute atomic E-state index is 0.209. The van der Waals surface area contributed by atoms with Gasteiger partial charge < -0.3 is 24.6 Å². The lowest BCUT2D eigenvalue weighted by atomic mass is 10.1. The second-order valence-corrected chi connectivity index (χ2v) is 7.58. The van der Waals surface area contributed by atoms with Gasteiger partial charge in [0.15, 0.2) is 13.1 Å². The van der Waals surface area contributed by atoms with Crippen LogP contribution >= 0.6 is 0 Å². The predicted octanol–water partition coefficient (Wildman–Crippen LogP) is 2.59. The first-order valence-electron chi connectivity index (χ1n) is 10.4. The summed E-state index contributed by atoms with van der Waals surface area (Å²) < 4.78 is -0.509. The Hall–Kier alpha value is -1.89. The maximum atomic E-state index is 11.1. The standard InChI is InChI=1S/C21H37NO6/c1-2-3-4-5-6-7-8-9-10-11-12-13-14-15-22(16-19(23)24,17-20(25)26)18-21(27)28/h8-9H,2-7,10-18H2,1H3,(H2-,23,24,25,26,27,28)/b9-8+. The fraction of sp³-hybridized carbons (Fsp3) is 0.762. The number of nitrogens with zero attached hydrogens (tertiary/aromatic N) is 1. The first kappa shape index (κ1) is 26.1. The molecule has 162 valence electrons. The Morgan fingerprint density at radius 3 is 1.64 bits per heavy atom. The number of carbonyl (C=O) groups is 3. The Balaban J connectivity index is 4.11. The maximum Gasteiger partial charge on any atom is 0.359 e. The molecule has 0 aliphatic carbocycles. The van der Waals surface area contributed by atoms with Gasteiger partial charge >= 0.3 is 11.9 Å². The van der Waals surface area contributed by atoms with Gasteiger partial charge in [0.2, 0.25) is 0 Å². The van der Waals surface area contributed by atoms with Crippen LogP contribution in [-0.4, -0.2) is 58.8 Å². The number of hydrogen-bond donors (Lipinski definition) is 2. The quantitative estimate of drug-likeness (QED) is 0.196. The summed E-state index contributed by atoms with van der Waals surface area (Å²) in [6, 6.07) is 0. The summed E-state index contributed by atoms with van der Waals surface area (Å²) in [6.45, 7) is 0.767. The van der Waals surface area contributed by atoms with Crippen molar-refractivity contribution in [2.45, 2.75) is 77.6 Å². The number of hydrogen-bond acceptors (Lipinski definition) is 4. The highest BCUT2D eigenvalue weighted by Crippen LogP contribution is 2.13. The van der Waals surface area contributed by atoms with Crippen molar-refractivity contribution in [1.29, 1.82) is 0 Å². The van der Waals surface area contributed by atoms with Gasteiger partial charge in [0.25, 0.3) is 0 Å². The highest BCUT2D eigenvalue weighted by atomic mass is 16.4. The van der Waals surface area contributed by atoms with Crippen molar-refractivity contribution >= 4 is 17.9 Å². The molecule has 0 aromatic carbocycles. The number of rotatable bonds is 19. The Morgan fingerprint density at radius 2 is 1.21 bits per heavy atom. The molecule has 0 saturated carbocycles. The molecule has 0 aromatic rings. The van der Waals surface area contributed by atoms with Gasteiger partial charge in [-0.05, 0) is 38.5 Å². The number of quaternary nitrogens is 1. The summed E-state index contributed by atoms with van der Waals surface area (Å²) in [6.07, 6.45) is 16.3. The van der Waals surface area contributed by atoms with Crippen molar-refractivity contribution in [3.63, 3.8) is 0 Å². The number of unbranched alkanes of at least 4 members (excludes halogenated alkanes) is 9. The molecule has 0 aromatic heterocycles. The van der Waals surface area contributed by atoms with Crippen LogP contribution in [0.4, 0.5) is 0 Å². The molecule has 0 amide bonds. The smallest absolute Gasteiger partial charge is 0.359 e. The molecular weight excluding hydrogens is 362 g/mol. The number of aliphatic carboxylic acids is 3. The van der Waals surface area contributed by atoms with Gasteiger partial charge in [-0.1, -0.05) is 51.2 Å². The summed E-state index contributed by atoms with van der Waals surface area (Å²) in [5.41, 5.74) is 0. The van der Waals surface area contributed by atoms with Gasteiger partial charge in [-0.2, -0.15) is 0 Å². The summed E-state index contributed by atoms with van der Waals surface area (Å²) >= 11 is 0. The average molecular weight is 400 g/mol. The minimum Gasteiger partial charge on any atom is -0.544 e. The van der Waals surface area contributed by atoms with Crippen LogP contribution in [0.2, 0.25) is 0 Å². The van der Waals surface area contributed by atoms with Crippen LogP contribution in [0, 0.1) is 0 Å². The van der Waals surface area contributed by atoms with E-state index >= 15 is 0 Å². The molecule has 0 radical (unpaired) electrons. The third-order valence-electron chi connectivity index (χ3n) is 4.80. The molecule has 0 bridgehead atoms. The van der Waals surface area contributed by atoms with E-state index in [9.17, 15) is 19.5 Å². The summed E-state index contributed by atoms with van der Waals surface area (Å²) in [4.78, 5) is 33.2. The van der Waals surface area contributed by atoms with E-state index in [-0.39, 0.29) is 6.54 Å². The fourth-order valence-electron chi connectivity index (χ4n) is 3.42. The molecular formula is C21H37NO6. The van der Waals surface area contributed by atoms with E-state index in [1.165, 1.54) is 32.1 Å². The monoisotopic (exact) mass is 399 g/mol. The lowest BCUT2D eigenvalue weighted by Crippen LogP contribution is -2.59. The third-order valence-corrected chi connectivity index (χ3v) is 4.80. The van der Waals surface area contributed by atoms with Gasteiger partial charge in [0, 0.05) is 0 Å². The van der Waals surface area contributed by atoms with Gasteiger partial charge in [-0.15, -0.1) is 0 Å². The van der Waals surface area contributed by atoms with E-state index in [1.807, 2.05) is 0 Å². The Labute approximate surface area is 168 Å². The Kier molecular flexibility index (Phi) is 15.0. The predicted molar refractivity (Wildman–Crippen MR) is 106 cm³/mol. The molecule has 0 fully saturated rings. The van der Waals surface area contributed by atoms with Crippen molar-refractivity contribution < 1.29 is 34.2 Å². The van der Waals surface area contributed by atoms with E-state index < -0.39 is 42.0 Å². The molecule has 0 saturated heterocycles. The van der Waals surface area contributed by atoms with Crippen molar-refractivity contribution in [3.05, 3.63) is 12.2 Å². The maximum absolute atomic E-state index is 11.1. The normalized spacial score (nSPS) is 11.8. The van der Waals surface area contributed by atoms with Crippen LogP contribution in [0.3, 0.4) is 0 Å². The summed E-state index contributed by atoms with van der Waals surface area (Å²) in [5.74, 6) is -3.84. The van der Waals surface area contributed by atoms with E-state index in [4.69, 9.17) is 10.2 Å².